The molecule has 1 heterocycles. The number of carbonyl (C=O) groups is 2. The molecule has 3 rings (SSSR count). The molecule has 1 saturated carbocycles. The van der Waals surface area contributed by atoms with E-state index in [1.54, 1.807) is 0 Å². The van der Waals surface area contributed by atoms with Crippen molar-refractivity contribution in [2.45, 2.75) is 38.3 Å². The van der Waals surface area contributed by atoms with Crippen LogP contribution in [0.15, 0.2) is 29.4 Å². The Kier molecular flexibility index (Phi) is 4.02. The highest BCUT2D eigenvalue weighted by atomic mass is 19.1. The largest absolute Gasteiger partial charge is 0.368 e. The lowest BCUT2D eigenvalue weighted by atomic mass is 10.1. The van der Waals surface area contributed by atoms with E-state index >= 15 is 0 Å². The van der Waals surface area contributed by atoms with Crippen molar-refractivity contribution in [3.8, 4) is 0 Å². The predicted octanol–water partition coefficient (Wildman–Crippen LogP) is 1.16. The number of rotatable bonds is 5. The summed E-state index contributed by atoms with van der Waals surface area (Å²) in [6, 6.07) is 4.91. The Morgan fingerprint density at radius 2 is 2.00 bits per heavy atom. The number of nitrogens with one attached hydrogen (secondary N) is 1. The predicted molar refractivity (Wildman–Crippen MR) is 84.2 cm³/mol. The van der Waals surface area contributed by atoms with Gasteiger partial charge in [-0.25, -0.2) is 4.39 Å². The second kappa shape index (κ2) is 5.98. The monoisotopic (exact) mass is 318 g/mol. The summed E-state index contributed by atoms with van der Waals surface area (Å²) in [5, 5.41) is 8.54. The van der Waals surface area contributed by atoms with Crippen molar-refractivity contribution in [3.05, 3.63) is 30.1 Å². The minimum Gasteiger partial charge on any atom is -0.368 e. The highest BCUT2D eigenvalue weighted by Crippen LogP contribution is 2.32. The molecule has 6 nitrogen and oxygen atoms in total. The number of hydrazone groups is 1. The first-order valence-corrected chi connectivity index (χ1v) is 7.68. The standard InChI is InChI=1S/C16H19FN4O2/c1-9(10-2-3-10)19-16(23)13-8-14(15(18)22)21(20-13)12-6-4-11(17)5-7-12/h4-7,9-10,14H,2-3,8H2,1H3,(H2,18,22)(H,19,23). The molecule has 0 spiro atoms. The highest BCUT2D eigenvalue weighted by molar-refractivity contribution is 6.40. The van der Waals surface area contributed by atoms with Gasteiger partial charge in [-0.05, 0) is 49.9 Å². The Bertz CT molecular complexity index is 655. The summed E-state index contributed by atoms with van der Waals surface area (Å²) < 4.78 is 13.0. The van der Waals surface area contributed by atoms with Gasteiger partial charge in [-0.15, -0.1) is 0 Å². The maximum Gasteiger partial charge on any atom is 0.267 e. The van der Waals surface area contributed by atoms with Crippen molar-refractivity contribution < 1.29 is 14.0 Å². The summed E-state index contributed by atoms with van der Waals surface area (Å²) in [6.07, 6.45) is 2.40. The Labute approximate surface area is 133 Å². The van der Waals surface area contributed by atoms with E-state index in [0.717, 1.165) is 12.8 Å². The van der Waals surface area contributed by atoms with Crippen molar-refractivity contribution >= 4 is 23.2 Å². The second-order valence-corrected chi connectivity index (χ2v) is 6.09. The zero-order valence-corrected chi connectivity index (χ0v) is 12.8. The van der Waals surface area contributed by atoms with Crippen LogP contribution in [0.1, 0.15) is 26.2 Å². The molecular formula is C16H19FN4O2. The van der Waals surface area contributed by atoms with Gasteiger partial charge in [0.2, 0.25) is 5.91 Å². The number of nitrogens with zero attached hydrogens (tertiary/aromatic N) is 2. The molecule has 1 aliphatic heterocycles. The van der Waals surface area contributed by atoms with Gasteiger partial charge in [0, 0.05) is 12.5 Å². The molecule has 0 radical (unpaired) electrons. The zero-order chi connectivity index (χ0) is 16.6. The van der Waals surface area contributed by atoms with Gasteiger partial charge in [0.15, 0.2) is 0 Å². The first-order chi connectivity index (χ1) is 11.0. The number of benzene rings is 1. The molecule has 0 saturated heterocycles. The van der Waals surface area contributed by atoms with Gasteiger partial charge in [0.1, 0.15) is 17.6 Å². The summed E-state index contributed by atoms with van der Waals surface area (Å²) in [5.74, 6) is -0.707. The van der Waals surface area contributed by atoms with E-state index in [1.165, 1.54) is 29.3 Å². The third kappa shape index (κ3) is 3.33. The first kappa shape index (κ1) is 15.5. The molecule has 1 aromatic rings. The van der Waals surface area contributed by atoms with E-state index in [1.807, 2.05) is 6.92 Å². The van der Waals surface area contributed by atoms with Gasteiger partial charge in [-0.1, -0.05) is 0 Å². The smallest absolute Gasteiger partial charge is 0.267 e. The minimum atomic E-state index is -0.738. The van der Waals surface area contributed by atoms with E-state index in [2.05, 4.69) is 10.4 Å². The van der Waals surface area contributed by atoms with E-state index in [-0.39, 0.29) is 29.9 Å². The molecule has 2 atom stereocenters. The number of hydrogen-bond acceptors (Lipinski definition) is 4. The van der Waals surface area contributed by atoms with Gasteiger partial charge in [0.25, 0.3) is 5.91 Å². The summed E-state index contributed by atoms with van der Waals surface area (Å²) in [6.45, 7) is 1.97. The van der Waals surface area contributed by atoms with Gasteiger partial charge < -0.3 is 11.1 Å². The fourth-order valence-electron chi connectivity index (χ4n) is 2.71. The van der Waals surface area contributed by atoms with E-state index in [4.69, 9.17) is 5.73 Å². The Morgan fingerprint density at radius 3 is 2.57 bits per heavy atom. The van der Waals surface area contributed by atoms with Crippen LogP contribution in [0.25, 0.3) is 0 Å². The molecular weight excluding hydrogens is 299 g/mol. The molecule has 0 bridgehead atoms. The molecule has 2 unspecified atom stereocenters. The van der Waals surface area contributed by atoms with Crippen molar-refractivity contribution in [1.29, 1.82) is 0 Å². The molecule has 7 heteroatoms. The van der Waals surface area contributed by atoms with Gasteiger partial charge >= 0.3 is 0 Å². The average molecular weight is 318 g/mol. The van der Waals surface area contributed by atoms with Gasteiger partial charge in [-0.3, -0.25) is 14.6 Å². The number of nitrogens with two attached hydrogens (primary N) is 1. The van der Waals surface area contributed by atoms with E-state index in [9.17, 15) is 14.0 Å². The van der Waals surface area contributed by atoms with Crippen LogP contribution in [0.3, 0.4) is 0 Å². The van der Waals surface area contributed by atoms with Crippen LogP contribution in [-0.2, 0) is 9.59 Å². The third-order valence-electron chi connectivity index (χ3n) is 4.28. The normalized spacial score (nSPS) is 21.7. The Morgan fingerprint density at radius 1 is 1.35 bits per heavy atom. The Balaban J connectivity index is 1.78. The SMILES string of the molecule is CC(NC(=O)C1=NN(c2ccc(F)cc2)C(C(N)=O)C1)C1CC1. The molecule has 1 aromatic carbocycles. The molecule has 2 amide bonds. The van der Waals surface area contributed by atoms with Gasteiger partial charge in [-0.2, -0.15) is 5.10 Å². The molecule has 2 aliphatic rings. The maximum absolute atomic E-state index is 13.0. The number of hydrogen-bond donors (Lipinski definition) is 2. The first-order valence-electron chi connectivity index (χ1n) is 7.68. The Hall–Kier alpha value is -2.44. The quantitative estimate of drug-likeness (QED) is 0.854. The van der Waals surface area contributed by atoms with Crippen LogP contribution in [0.4, 0.5) is 10.1 Å². The number of primary amides is 1. The maximum atomic E-state index is 13.0. The van der Waals surface area contributed by atoms with E-state index in [0.29, 0.717) is 11.6 Å². The molecule has 1 aliphatic carbocycles. The summed E-state index contributed by atoms with van der Waals surface area (Å²) in [7, 11) is 0. The topological polar surface area (TPSA) is 87.8 Å². The van der Waals surface area contributed by atoms with E-state index < -0.39 is 11.9 Å². The molecule has 3 N–H and O–H groups in total. The van der Waals surface area contributed by atoms with Crippen LogP contribution in [0, 0.1) is 11.7 Å². The van der Waals surface area contributed by atoms with Gasteiger partial charge in [0.05, 0.1) is 5.69 Å². The number of halogens is 1. The second-order valence-electron chi connectivity index (χ2n) is 6.09. The highest BCUT2D eigenvalue weighted by Gasteiger charge is 2.36. The van der Waals surface area contributed by atoms with Crippen LogP contribution in [0.2, 0.25) is 0 Å². The lowest BCUT2D eigenvalue weighted by Crippen LogP contribution is -2.41. The molecule has 122 valence electrons. The molecule has 1 fully saturated rings. The molecule has 0 aromatic heterocycles. The summed E-state index contributed by atoms with van der Waals surface area (Å²) >= 11 is 0. The minimum absolute atomic E-state index is 0.0945. The third-order valence-corrected chi connectivity index (χ3v) is 4.28. The van der Waals surface area contributed by atoms with Crippen molar-refractivity contribution in [1.82, 2.24) is 5.32 Å². The van der Waals surface area contributed by atoms with Crippen LogP contribution in [-0.4, -0.2) is 29.6 Å². The average Bonchev–Trinajstić information content (AvgIpc) is 3.26. The fraction of sp³-hybridized carbons (Fsp3) is 0.438. The van der Waals surface area contributed by atoms with Crippen molar-refractivity contribution in [3.63, 3.8) is 0 Å². The lowest BCUT2D eigenvalue weighted by Gasteiger charge is -2.20. The fourth-order valence-corrected chi connectivity index (χ4v) is 2.71. The van der Waals surface area contributed by atoms with Crippen LogP contribution in [0.5, 0.6) is 0 Å². The summed E-state index contributed by atoms with van der Waals surface area (Å²) in [5.41, 5.74) is 6.21. The van der Waals surface area contributed by atoms with Crippen LogP contribution >= 0.6 is 0 Å². The lowest BCUT2D eigenvalue weighted by molar-refractivity contribution is -0.119. The van der Waals surface area contributed by atoms with Crippen molar-refractivity contribution in [2.24, 2.45) is 16.8 Å². The molecule has 23 heavy (non-hydrogen) atoms. The summed E-state index contributed by atoms with van der Waals surface area (Å²) in [4.78, 5) is 24.0. The number of anilines is 1. The van der Waals surface area contributed by atoms with Crippen molar-refractivity contribution in [2.75, 3.05) is 5.01 Å². The number of carbonyl (C=O) groups excluding carboxylic acids is 2. The number of amides is 2. The van der Waals surface area contributed by atoms with Crippen LogP contribution < -0.4 is 16.1 Å². The zero-order valence-electron chi connectivity index (χ0n) is 12.8.